The second-order valence-electron chi connectivity index (χ2n) is 0.665. The molecule has 0 aromatic rings. The zero-order valence-corrected chi connectivity index (χ0v) is 3.92. The summed E-state index contributed by atoms with van der Waals surface area (Å²) in [6.45, 7) is 3.26. The normalized spacial score (nSPS) is 13.8. The van der Waals surface area contributed by atoms with Crippen LogP contribution >= 0.6 is 0 Å². The molecule has 1 nitrogen and oxygen atoms in total. The molecule has 0 rings (SSSR count). The van der Waals surface area contributed by atoms with E-state index in [0.717, 1.165) is 0 Å². The van der Waals surface area contributed by atoms with Crippen molar-refractivity contribution in [1.29, 1.82) is 0 Å². The van der Waals surface area contributed by atoms with Gasteiger partial charge in [-0.1, -0.05) is 6.58 Å². The third-order valence-corrected chi connectivity index (χ3v) is 0.704. The van der Waals surface area contributed by atoms with Crippen LogP contribution in [0.1, 0.15) is 0 Å². The standard InChI is InChI=1S/C3H6OS/c1-3-5(2)4/h3H,1H2,2H3/t5-/m1/s1. The Balaban J connectivity index is 3.20. The molecule has 0 amide bonds. The first-order valence-corrected chi connectivity index (χ1v) is 2.84. The van der Waals surface area contributed by atoms with Crippen molar-refractivity contribution in [3.63, 3.8) is 0 Å². The lowest BCUT2D eigenvalue weighted by molar-refractivity contribution is 0.692. The van der Waals surface area contributed by atoms with E-state index in [2.05, 4.69) is 6.58 Å². The number of hydrogen-bond acceptors (Lipinski definition) is 1. The first-order valence-electron chi connectivity index (χ1n) is 1.22. The monoisotopic (exact) mass is 90.0 g/mol. The molecule has 30 valence electrons. The molecule has 0 aromatic carbocycles. The van der Waals surface area contributed by atoms with Crippen LogP contribution in [0.5, 0.6) is 0 Å². The Morgan fingerprint density at radius 3 is 2.20 bits per heavy atom. The molecule has 0 aliphatic carbocycles. The molecule has 0 heterocycles. The Morgan fingerprint density at radius 1 is 2.00 bits per heavy atom. The SMILES string of the molecule is C=C[S@@](C)=O. The largest absolute Gasteiger partial charge is 0.255 e. The minimum absolute atomic E-state index is 0.809. The van der Waals surface area contributed by atoms with Crippen molar-refractivity contribution in [3.05, 3.63) is 12.0 Å². The summed E-state index contributed by atoms with van der Waals surface area (Å²) < 4.78 is 9.81. The molecule has 0 saturated heterocycles. The van der Waals surface area contributed by atoms with Gasteiger partial charge in [0.25, 0.3) is 0 Å². The summed E-state index contributed by atoms with van der Waals surface area (Å²) in [5.74, 6) is 0. The summed E-state index contributed by atoms with van der Waals surface area (Å²) in [6, 6.07) is 0. The Labute approximate surface area is 34.2 Å². The van der Waals surface area contributed by atoms with Crippen LogP contribution in [0, 0.1) is 0 Å². The minimum Gasteiger partial charge on any atom is -0.255 e. The van der Waals surface area contributed by atoms with Gasteiger partial charge in [-0.25, -0.2) is 0 Å². The van der Waals surface area contributed by atoms with E-state index in [1.54, 1.807) is 6.26 Å². The van der Waals surface area contributed by atoms with Crippen molar-refractivity contribution >= 4 is 10.8 Å². The highest BCUT2D eigenvalue weighted by atomic mass is 32.2. The lowest BCUT2D eigenvalue weighted by atomic mass is 11.3. The van der Waals surface area contributed by atoms with Crippen molar-refractivity contribution in [2.24, 2.45) is 0 Å². The van der Waals surface area contributed by atoms with E-state index in [9.17, 15) is 4.21 Å². The highest BCUT2D eigenvalue weighted by molar-refractivity contribution is 7.87. The molecule has 5 heavy (non-hydrogen) atoms. The molecule has 0 aromatic heterocycles. The van der Waals surface area contributed by atoms with Crippen molar-refractivity contribution in [2.45, 2.75) is 0 Å². The van der Waals surface area contributed by atoms with Gasteiger partial charge in [-0.2, -0.15) is 0 Å². The summed E-state index contributed by atoms with van der Waals surface area (Å²) in [6.07, 6.45) is 1.58. The lowest BCUT2D eigenvalue weighted by Crippen LogP contribution is -1.68. The van der Waals surface area contributed by atoms with Crippen molar-refractivity contribution in [1.82, 2.24) is 0 Å². The fraction of sp³-hybridized carbons (Fsp3) is 0.333. The summed E-state index contributed by atoms with van der Waals surface area (Å²) in [7, 11) is -0.809. The average molecular weight is 90.1 g/mol. The summed E-state index contributed by atoms with van der Waals surface area (Å²) in [5.41, 5.74) is 0. The zero-order valence-electron chi connectivity index (χ0n) is 3.10. The smallest absolute Gasteiger partial charge is 0.0418 e. The summed E-state index contributed by atoms with van der Waals surface area (Å²) in [4.78, 5) is 0. The molecule has 0 bridgehead atoms. The number of rotatable bonds is 1. The molecule has 0 N–H and O–H groups in total. The third kappa shape index (κ3) is 3.89. The van der Waals surface area contributed by atoms with E-state index in [-0.39, 0.29) is 0 Å². The highest BCUT2D eigenvalue weighted by Crippen LogP contribution is 1.65. The van der Waals surface area contributed by atoms with Crippen LogP contribution in [0.2, 0.25) is 0 Å². The van der Waals surface area contributed by atoms with Gasteiger partial charge in [-0.05, 0) is 5.41 Å². The van der Waals surface area contributed by atoms with Crippen molar-refractivity contribution < 1.29 is 4.21 Å². The Morgan fingerprint density at radius 2 is 2.20 bits per heavy atom. The predicted molar refractivity (Wildman–Crippen MR) is 24.3 cm³/mol. The zero-order chi connectivity index (χ0) is 4.28. The van der Waals surface area contributed by atoms with Gasteiger partial charge in [0.05, 0.1) is 0 Å². The van der Waals surface area contributed by atoms with Gasteiger partial charge in [-0.15, -0.1) is 0 Å². The molecule has 0 radical (unpaired) electrons. The van der Waals surface area contributed by atoms with E-state index < -0.39 is 10.8 Å². The van der Waals surface area contributed by atoms with Gasteiger partial charge in [0, 0.05) is 17.1 Å². The quantitative estimate of drug-likeness (QED) is 0.458. The van der Waals surface area contributed by atoms with Crippen LogP contribution in [-0.2, 0) is 10.8 Å². The molecule has 0 unspecified atom stereocenters. The van der Waals surface area contributed by atoms with E-state index in [1.807, 2.05) is 0 Å². The second-order valence-corrected chi connectivity index (χ2v) is 2.00. The average Bonchev–Trinajstić information content (AvgIpc) is 1.38. The Kier molecular flexibility index (Phi) is 2.10. The first kappa shape index (κ1) is 4.89. The highest BCUT2D eigenvalue weighted by Gasteiger charge is 1.65. The summed E-state index contributed by atoms with van der Waals surface area (Å²) >= 11 is 0. The molecule has 1 atom stereocenters. The van der Waals surface area contributed by atoms with Crippen LogP contribution in [0.25, 0.3) is 0 Å². The van der Waals surface area contributed by atoms with Gasteiger partial charge in [-0.3, -0.25) is 4.21 Å². The Hall–Kier alpha value is -0.110. The van der Waals surface area contributed by atoms with Gasteiger partial charge < -0.3 is 0 Å². The topological polar surface area (TPSA) is 17.1 Å². The van der Waals surface area contributed by atoms with Crippen molar-refractivity contribution in [2.75, 3.05) is 6.26 Å². The van der Waals surface area contributed by atoms with Crippen LogP contribution in [0.3, 0.4) is 0 Å². The van der Waals surface area contributed by atoms with E-state index in [4.69, 9.17) is 0 Å². The molecular weight excluding hydrogens is 84.1 g/mol. The molecule has 0 aliphatic heterocycles. The summed E-state index contributed by atoms with van der Waals surface area (Å²) in [5, 5.41) is 1.39. The van der Waals surface area contributed by atoms with Crippen LogP contribution in [0.4, 0.5) is 0 Å². The minimum atomic E-state index is -0.809. The number of hydrogen-bond donors (Lipinski definition) is 0. The fourth-order valence-corrected chi connectivity index (χ4v) is 0. The maximum absolute atomic E-state index is 9.81. The van der Waals surface area contributed by atoms with E-state index in [0.29, 0.717) is 0 Å². The fourth-order valence-electron chi connectivity index (χ4n) is 0. The lowest BCUT2D eigenvalue weighted by Gasteiger charge is -1.66. The maximum atomic E-state index is 9.81. The van der Waals surface area contributed by atoms with Gasteiger partial charge in [0.15, 0.2) is 0 Å². The molecular formula is C3H6OS. The predicted octanol–water partition coefficient (Wildman–Crippen LogP) is 0.508. The Bertz CT molecular complexity index is 57.9. The van der Waals surface area contributed by atoms with Crippen LogP contribution in [0.15, 0.2) is 12.0 Å². The third-order valence-electron chi connectivity index (χ3n) is 0.235. The molecule has 0 spiro atoms. The van der Waals surface area contributed by atoms with Crippen LogP contribution in [-0.4, -0.2) is 10.5 Å². The molecule has 0 aliphatic rings. The van der Waals surface area contributed by atoms with Gasteiger partial charge >= 0.3 is 0 Å². The van der Waals surface area contributed by atoms with E-state index in [1.165, 1.54) is 5.41 Å². The first-order chi connectivity index (χ1) is 2.27. The van der Waals surface area contributed by atoms with Gasteiger partial charge in [0.2, 0.25) is 0 Å². The van der Waals surface area contributed by atoms with Gasteiger partial charge in [0.1, 0.15) is 0 Å². The molecule has 2 heteroatoms. The second kappa shape index (κ2) is 2.15. The molecule has 0 fully saturated rings. The molecule has 0 saturated carbocycles. The van der Waals surface area contributed by atoms with Crippen LogP contribution < -0.4 is 0 Å². The van der Waals surface area contributed by atoms with E-state index >= 15 is 0 Å². The van der Waals surface area contributed by atoms with Crippen molar-refractivity contribution in [3.8, 4) is 0 Å². The maximum Gasteiger partial charge on any atom is 0.0418 e.